The summed E-state index contributed by atoms with van der Waals surface area (Å²) in [4.78, 5) is 24.3. The largest absolute Gasteiger partial charge is 0.362 e. The molecule has 0 spiro atoms. The fraction of sp³-hybridized carbons (Fsp3) is 0.577. The zero-order chi connectivity index (χ0) is 24.2. The maximum Gasteiger partial charge on any atom is 0.319 e. The normalized spacial score (nSPS) is 19.8. The number of nitrogens with zero attached hydrogens (tertiary/aromatic N) is 3. The molecule has 1 saturated carbocycles. The van der Waals surface area contributed by atoms with Gasteiger partial charge in [-0.2, -0.15) is 4.98 Å². The van der Waals surface area contributed by atoms with Crippen LogP contribution in [0.4, 0.5) is 22.2 Å². The van der Waals surface area contributed by atoms with Crippen LogP contribution in [0.1, 0.15) is 60.9 Å². The zero-order valence-corrected chi connectivity index (χ0v) is 22.4. The first-order valence-electron chi connectivity index (χ1n) is 12.5. The molecule has 0 bridgehead atoms. The minimum atomic E-state index is -0.132. The molecule has 0 unspecified atom stereocenters. The second kappa shape index (κ2) is 10.9. The van der Waals surface area contributed by atoms with E-state index in [-0.39, 0.29) is 6.03 Å². The monoisotopic (exact) mass is 528 g/mol. The van der Waals surface area contributed by atoms with E-state index in [0.717, 1.165) is 71.6 Å². The second-order valence-corrected chi connectivity index (χ2v) is 10.9. The quantitative estimate of drug-likeness (QED) is 0.454. The summed E-state index contributed by atoms with van der Waals surface area (Å²) >= 11 is 3.50. The van der Waals surface area contributed by atoms with Crippen LogP contribution in [0, 0.1) is 19.8 Å². The van der Waals surface area contributed by atoms with Gasteiger partial charge in [0.25, 0.3) is 0 Å². The molecule has 2 amide bonds. The predicted octanol–water partition coefficient (Wildman–Crippen LogP) is 5.59. The number of carbonyl (C=O) groups excluding carboxylic acids is 1. The second-order valence-electron chi connectivity index (χ2n) is 10.0. The van der Waals surface area contributed by atoms with Crippen molar-refractivity contribution in [3.63, 3.8) is 0 Å². The number of fused-ring (bicyclic) bond motifs is 1. The standard InChI is InChI=1S/C26H37BrN6O/c1-16-13-19(27)14-17(2)23(16)31-26(34)28-15-18-9-11-20(12-10-18)29-25-30-22-8-6-5-7-21(22)24(32-25)33(3)4/h13-14,18,20H,5-12,15H2,1-4H3,(H2,28,31,34)(H,29,30,32). The van der Waals surface area contributed by atoms with Gasteiger partial charge < -0.3 is 20.9 Å². The van der Waals surface area contributed by atoms with E-state index < -0.39 is 0 Å². The van der Waals surface area contributed by atoms with E-state index in [1.807, 2.05) is 26.0 Å². The van der Waals surface area contributed by atoms with Gasteiger partial charge in [-0.1, -0.05) is 15.9 Å². The molecule has 7 nitrogen and oxygen atoms in total. The van der Waals surface area contributed by atoms with Crippen molar-refractivity contribution in [1.82, 2.24) is 15.3 Å². The minimum absolute atomic E-state index is 0.132. The lowest BCUT2D eigenvalue weighted by atomic mass is 9.86. The van der Waals surface area contributed by atoms with E-state index in [4.69, 9.17) is 9.97 Å². The van der Waals surface area contributed by atoms with Crippen molar-refractivity contribution in [2.24, 2.45) is 5.92 Å². The van der Waals surface area contributed by atoms with E-state index in [2.05, 4.69) is 50.9 Å². The first kappa shape index (κ1) is 24.8. The van der Waals surface area contributed by atoms with Crippen molar-refractivity contribution >= 4 is 39.4 Å². The molecule has 1 fully saturated rings. The average Bonchev–Trinajstić information content (AvgIpc) is 2.80. The van der Waals surface area contributed by atoms with Crippen molar-refractivity contribution in [2.45, 2.75) is 71.3 Å². The highest BCUT2D eigenvalue weighted by molar-refractivity contribution is 9.10. The van der Waals surface area contributed by atoms with Gasteiger partial charge in [0, 0.05) is 42.4 Å². The Morgan fingerprint density at radius 2 is 1.74 bits per heavy atom. The zero-order valence-electron chi connectivity index (χ0n) is 20.8. The lowest BCUT2D eigenvalue weighted by Gasteiger charge is -2.30. The molecule has 0 radical (unpaired) electrons. The number of benzene rings is 1. The summed E-state index contributed by atoms with van der Waals surface area (Å²) in [6, 6.07) is 4.29. The summed E-state index contributed by atoms with van der Waals surface area (Å²) < 4.78 is 1.03. The minimum Gasteiger partial charge on any atom is -0.362 e. The summed E-state index contributed by atoms with van der Waals surface area (Å²) in [5.74, 6) is 2.33. The van der Waals surface area contributed by atoms with E-state index in [9.17, 15) is 4.79 Å². The molecule has 1 aromatic carbocycles. The summed E-state index contributed by atoms with van der Waals surface area (Å²) in [7, 11) is 4.13. The lowest BCUT2D eigenvalue weighted by Crippen LogP contribution is -2.36. The maximum absolute atomic E-state index is 12.5. The van der Waals surface area contributed by atoms with Crippen LogP contribution >= 0.6 is 15.9 Å². The summed E-state index contributed by atoms with van der Waals surface area (Å²) in [6.07, 6.45) is 8.86. The molecule has 1 heterocycles. The van der Waals surface area contributed by atoms with Crippen molar-refractivity contribution in [3.05, 3.63) is 39.0 Å². The first-order chi connectivity index (χ1) is 16.3. The van der Waals surface area contributed by atoms with E-state index >= 15 is 0 Å². The summed E-state index contributed by atoms with van der Waals surface area (Å²) in [5.41, 5.74) is 5.53. The number of carbonyl (C=O) groups is 1. The average molecular weight is 530 g/mol. The Labute approximate surface area is 211 Å². The Balaban J connectivity index is 1.26. The molecule has 0 saturated heterocycles. The van der Waals surface area contributed by atoms with Crippen molar-refractivity contribution in [2.75, 3.05) is 36.2 Å². The van der Waals surface area contributed by atoms with Gasteiger partial charge in [0.2, 0.25) is 5.95 Å². The van der Waals surface area contributed by atoms with Crippen molar-refractivity contribution < 1.29 is 4.79 Å². The molecule has 2 aromatic rings. The molecule has 184 valence electrons. The highest BCUT2D eigenvalue weighted by atomic mass is 79.9. The van der Waals surface area contributed by atoms with Crippen LogP contribution in [0.2, 0.25) is 0 Å². The molecule has 0 aliphatic heterocycles. The Hall–Kier alpha value is -2.35. The first-order valence-corrected chi connectivity index (χ1v) is 13.2. The van der Waals surface area contributed by atoms with Crippen molar-refractivity contribution in [3.8, 4) is 0 Å². The highest BCUT2D eigenvalue weighted by Crippen LogP contribution is 2.30. The number of amides is 2. The number of anilines is 3. The number of hydrogen-bond acceptors (Lipinski definition) is 5. The fourth-order valence-corrected chi connectivity index (χ4v) is 5.89. The molecule has 2 aliphatic carbocycles. The fourth-order valence-electron chi connectivity index (χ4n) is 5.20. The van der Waals surface area contributed by atoms with Crippen LogP contribution in [0.3, 0.4) is 0 Å². The lowest BCUT2D eigenvalue weighted by molar-refractivity contribution is 0.246. The number of rotatable bonds is 6. The number of urea groups is 1. The topological polar surface area (TPSA) is 82.2 Å². The number of aromatic nitrogens is 2. The van der Waals surface area contributed by atoms with Gasteiger partial charge >= 0.3 is 6.03 Å². The summed E-state index contributed by atoms with van der Waals surface area (Å²) in [5, 5.41) is 9.71. The van der Waals surface area contributed by atoms with Gasteiger partial charge in [0.15, 0.2) is 0 Å². The molecule has 0 atom stereocenters. The van der Waals surface area contributed by atoms with Gasteiger partial charge in [-0.05, 0) is 94.4 Å². The van der Waals surface area contributed by atoms with Gasteiger partial charge in [0.1, 0.15) is 5.82 Å². The SMILES string of the molecule is Cc1cc(Br)cc(C)c1NC(=O)NCC1CCC(Nc2nc3c(c(N(C)C)n2)CCCC3)CC1. The van der Waals surface area contributed by atoms with Crippen LogP contribution < -0.4 is 20.9 Å². The van der Waals surface area contributed by atoms with Gasteiger partial charge in [-0.25, -0.2) is 9.78 Å². The number of aryl methyl sites for hydroxylation is 3. The third-order valence-electron chi connectivity index (χ3n) is 7.05. The Kier molecular flexibility index (Phi) is 7.96. The van der Waals surface area contributed by atoms with Crippen LogP contribution in [-0.2, 0) is 12.8 Å². The maximum atomic E-state index is 12.5. The predicted molar refractivity (Wildman–Crippen MR) is 143 cm³/mol. The van der Waals surface area contributed by atoms with Crippen LogP contribution in [0.25, 0.3) is 0 Å². The van der Waals surface area contributed by atoms with E-state index in [1.165, 1.54) is 24.1 Å². The molecule has 1 aromatic heterocycles. The van der Waals surface area contributed by atoms with Gasteiger partial charge in [-0.3, -0.25) is 0 Å². The van der Waals surface area contributed by atoms with Gasteiger partial charge in [-0.15, -0.1) is 0 Å². The molecular weight excluding hydrogens is 492 g/mol. The van der Waals surface area contributed by atoms with Gasteiger partial charge in [0.05, 0.1) is 5.69 Å². The number of hydrogen-bond donors (Lipinski definition) is 3. The molecular formula is C26H37BrN6O. The van der Waals surface area contributed by atoms with Crippen LogP contribution in [-0.4, -0.2) is 42.7 Å². The van der Waals surface area contributed by atoms with Crippen LogP contribution in [0.15, 0.2) is 16.6 Å². The Morgan fingerprint density at radius 1 is 1.06 bits per heavy atom. The molecule has 3 N–H and O–H groups in total. The summed E-state index contributed by atoms with van der Waals surface area (Å²) in [6.45, 7) is 4.72. The molecule has 4 rings (SSSR count). The Morgan fingerprint density at radius 3 is 2.41 bits per heavy atom. The van der Waals surface area contributed by atoms with Crippen molar-refractivity contribution in [1.29, 1.82) is 0 Å². The highest BCUT2D eigenvalue weighted by Gasteiger charge is 2.24. The third kappa shape index (κ3) is 6.01. The number of halogens is 1. The van der Waals surface area contributed by atoms with Crippen LogP contribution in [0.5, 0.6) is 0 Å². The third-order valence-corrected chi connectivity index (χ3v) is 7.51. The molecule has 2 aliphatic rings. The van der Waals surface area contributed by atoms with E-state index in [1.54, 1.807) is 0 Å². The smallest absolute Gasteiger partial charge is 0.319 e. The Bertz CT molecular complexity index is 1010. The molecule has 34 heavy (non-hydrogen) atoms. The number of nitrogens with one attached hydrogen (secondary N) is 3. The van der Waals surface area contributed by atoms with E-state index in [0.29, 0.717) is 18.5 Å². The molecule has 8 heteroatoms.